The van der Waals surface area contributed by atoms with Gasteiger partial charge in [-0.1, -0.05) is 11.6 Å². The van der Waals surface area contributed by atoms with E-state index in [0.717, 1.165) is 5.03 Å². The van der Waals surface area contributed by atoms with E-state index in [1.807, 2.05) is 20.8 Å². The highest BCUT2D eigenvalue weighted by Crippen LogP contribution is 2.15. The Bertz CT molecular complexity index is 410. The molecule has 0 aromatic carbocycles. The van der Waals surface area contributed by atoms with Crippen LogP contribution in [-0.4, -0.2) is 34.0 Å². The van der Waals surface area contributed by atoms with Gasteiger partial charge in [0.25, 0.3) is 0 Å². The lowest BCUT2D eigenvalue weighted by Crippen LogP contribution is -2.33. The average molecular weight is 290 g/mol. The molecule has 1 aromatic heterocycles. The summed E-state index contributed by atoms with van der Waals surface area (Å²) in [5, 5.41) is 3.75. The van der Waals surface area contributed by atoms with Crippen LogP contribution >= 0.6 is 23.4 Å². The lowest BCUT2D eigenvalue weighted by Gasteiger charge is -2.19. The SMILES string of the molecule is CC(C)(C)OC(=O)NCCSc1cncc(Cl)n1. The van der Waals surface area contributed by atoms with Gasteiger partial charge in [-0.2, -0.15) is 0 Å². The molecule has 1 N–H and O–H groups in total. The van der Waals surface area contributed by atoms with E-state index in [0.29, 0.717) is 17.5 Å². The second-order valence-electron chi connectivity index (χ2n) is 4.46. The highest BCUT2D eigenvalue weighted by Gasteiger charge is 2.15. The molecule has 0 saturated heterocycles. The third kappa shape index (κ3) is 6.66. The fourth-order valence-corrected chi connectivity index (χ4v) is 1.93. The summed E-state index contributed by atoms with van der Waals surface area (Å²) in [6.45, 7) is 5.96. The van der Waals surface area contributed by atoms with E-state index in [4.69, 9.17) is 16.3 Å². The zero-order valence-electron chi connectivity index (χ0n) is 10.6. The Hall–Kier alpha value is -1.01. The summed E-state index contributed by atoms with van der Waals surface area (Å²) in [5.74, 6) is 0.675. The molecule has 1 aromatic rings. The van der Waals surface area contributed by atoms with Gasteiger partial charge in [0.2, 0.25) is 0 Å². The second kappa shape index (κ2) is 6.80. The highest BCUT2D eigenvalue weighted by molar-refractivity contribution is 7.99. The predicted octanol–water partition coefficient (Wildman–Crippen LogP) is 2.75. The van der Waals surface area contributed by atoms with Crippen molar-refractivity contribution in [3.63, 3.8) is 0 Å². The Morgan fingerprint density at radius 1 is 1.50 bits per heavy atom. The van der Waals surface area contributed by atoms with E-state index >= 15 is 0 Å². The van der Waals surface area contributed by atoms with Crippen molar-refractivity contribution in [2.45, 2.75) is 31.4 Å². The van der Waals surface area contributed by atoms with Crippen molar-refractivity contribution in [3.8, 4) is 0 Å². The first-order valence-electron chi connectivity index (χ1n) is 5.44. The smallest absolute Gasteiger partial charge is 0.407 e. The number of rotatable bonds is 4. The summed E-state index contributed by atoms with van der Waals surface area (Å²) in [6, 6.07) is 0. The van der Waals surface area contributed by atoms with Gasteiger partial charge < -0.3 is 10.1 Å². The number of carbonyl (C=O) groups is 1. The van der Waals surface area contributed by atoms with Gasteiger partial charge in [0.1, 0.15) is 15.8 Å². The molecule has 7 heteroatoms. The van der Waals surface area contributed by atoms with Gasteiger partial charge in [0, 0.05) is 12.3 Å². The van der Waals surface area contributed by atoms with Gasteiger partial charge >= 0.3 is 6.09 Å². The van der Waals surface area contributed by atoms with E-state index in [9.17, 15) is 4.79 Å². The minimum atomic E-state index is -0.477. The molecule has 0 bridgehead atoms. The number of halogens is 1. The first kappa shape index (κ1) is 15.0. The molecular weight excluding hydrogens is 274 g/mol. The summed E-state index contributed by atoms with van der Waals surface area (Å²) in [6.07, 6.45) is 2.69. The van der Waals surface area contributed by atoms with E-state index in [2.05, 4.69) is 15.3 Å². The monoisotopic (exact) mass is 289 g/mol. The normalized spacial score (nSPS) is 11.1. The highest BCUT2D eigenvalue weighted by atomic mass is 35.5. The van der Waals surface area contributed by atoms with Crippen LogP contribution in [0.15, 0.2) is 17.4 Å². The quantitative estimate of drug-likeness (QED) is 0.682. The van der Waals surface area contributed by atoms with Crippen LogP contribution in [0.1, 0.15) is 20.8 Å². The number of nitrogens with zero attached hydrogens (tertiary/aromatic N) is 2. The topological polar surface area (TPSA) is 64.1 Å². The fraction of sp³-hybridized carbons (Fsp3) is 0.545. The minimum absolute atomic E-state index is 0.361. The molecule has 0 aliphatic carbocycles. The number of hydrogen-bond acceptors (Lipinski definition) is 5. The maximum Gasteiger partial charge on any atom is 0.407 e. The summed E-state index contributed by atoms with van der Waals surface area (Å²) >= 11 is 7.17. The number of nitrogens with one attached hydrogen (secondary N) is 1. The van der Waals surface area contributed by atoms with Crippen LogP contribution in [0.3, 0.4) is 0 Å². The number of ether oxygens (including phenoxy) is 1. The summed E-state index contributed by atoms with van der Waals surface area (Å²) in [7, 11) is 0. The average Bonchev–Trinajstić information content (AvgIpc) is 2.22. The largest absolute Gasteiger partial charge is 0.444 e. The molecule has 1 heterocycles. The molecule has 0 aliphatic heterocycles. The van der Waals surface area contributed by atoms with Gasteiger partial charge in [-0.25, -0.2) is 9.78 Å². The van der Waals surface area contributed by atoms with E-state index < -0.39 is 11.7 Å². The number of aromatic nitrogens is 2. The molecule has 0 radical (unpaired) electrons. The van der Waals surface area contributed by atoms with Crippen LogP contribution in [0.2, 0.25) is 5.15 Å². The van der Waals surface area contributed by atoms with Crippen molar-refractivity contribution >= 4 is 29.5 Å². The van der Waals surface area contributed by atoms with Gasteiger partial charge in [-0.15, -0.1) is 11.8 Å². The molecule has 0 saturated carbocycles. The van der Waals surface area contributed by atoms with Gasteiger partial charge in [-0.05, 0) is 20.8 Å². The fourth-order valence-electron chi connectivity index (χ4n) is 1.02. The first-order chi connectivity index (χ1) is 8.37. The number of hydrogen-bond donors (Lipinski definition) is 1. The van der Waals surface area contributed by atoms with Crippen molar-refractivity contribution in [3.05, 3.63) is 17.5 Å². The molecule has 0 spiro atoms. The molecule has 100 valence electrons. The van der Waals surface area contributed by atoms with Crippen LogP contribution in [0.4, 0.5) is 4.79 Å². The molecule has 1 rings (SSSR count). The number of thioether (sulfide) groups is 1. The van der Waals surface area contributed by atoms with E-state index in [1.54, 1.807) is 6.20 Å². The Morgan fingerprint density at radius 3 is 2.83 bits per heavy atom. The van der Waals surface area contributed by atoms with Crippen LogP contribution in [-0.2, 0) is 4.74 Å². The Balaban J connectivity index is 2.21. The Kier molecular flexibility index (Phi) is 5.68. The Labute approximate surface area is 116 Å². The maximum absolute atomic E-state index is 11.3. The lowest BCUT2D eigenvalue weighted by molar-refractivity contribution is 0.0531. The molecular formula is C11H16ClN3O2S. The van der Waals surface area contributed by atoms with Gasteiger partial charge in [-0.3, -0.25) is 4.98 Å². The molecule has 5 nitrogen and oxygen atoms in total. The standard InChI is InChI=1S/C11H16ClN3O2S/c1-11(2,3)17-10(16)14-4-5-18-9-7-13-6-8(12)15-9/h6-7H,4-5H2,1-3H3,(H,14,16). The molecule has 0 fully saturated rings. The summed E-state index contributed by atoms with van der Waals surface area (Å²) < 4.78 is 5.10. The number of carbonyl (C=O) groups excluding carboxylic acids is 1. The van der Waals surface area contributed by atoms with Crippen LogP contribution in [0.25, 0.3) is 0 Å². The van der Waals surface area contributed by atoms with Crippen molar-refractivity contribution < 1.29 is 9.53 Å². The second-order valence-corrected chi connectivity index (χ2v) is 5.96. The van der Waals surface area contributed by atoms with Crippen molar-refractivity contribution in [1.82, 2.24) is 15.3 Å². The summed E-state index contributed by atoms with van der Waals surface area (Å²) in [4.78, 5) is 19.3. The Morgan fingerprint density at radius 2 is 2.22 bits per heavy atom. The zero-order chi connectivity index (χ0) is 13.6. The van der Waals surface area contributed by atoms with Gasteiger partial charge in [0.05, 0.1) is 12.4 Å². The minimum Gasteiger partial charge on any atom is -0.444 e. The van der Waals surface area contributed by atoms with Crippen LogP contribution in [0, 0.1) is 0 Å². The molecule has 18 heavy (non-hydrogen) atoms. The third-order valence-corrected chi connectivity index (χ3v) is 2.69. The van der Waals surface area contributed by atoms with Crippen molar-refractivity contribution in [1.29, 1.82) is 0 Å². The van der Waals surface area contributed by atoms with Crippen molar-refractivity contribution in [2.24, 2.45) is 0 Å². The molecule has 0 unspecified atom stereocenters. The first-order valence-corrected chi connectivity index (χ1v) is 6.80. The number of alkyl carbamates (subject to hydrolysis) is 1. The predicted molar refractivity (Wildman–Crippen MR) is 72.0 cm³/mol. The molecule has 1 amide bonds. The third-order valence-electron chi connectivity index (χ3n) is 1.60. The van der Waals surface area contributed by atoms with Crippen LogP contribution < -0.4 is 5.32 Å². The lowest BCUT2D eigenvalue weighted by atomic mass is 10.2. The van der Waals surface area contributed by atoms with E-state index in [1.165, 1.54) is 18.0 Å². The maximum atomic E-state index is 11.3. The van der Waals surface area contributed by atoms with Crippen LogP contribution in [0.5, 0.6) is 0 Å². The van der Waals surface area contributed by atoms with Crippen molar-refractivity contribution in [2.75, 3.05) is 12.3 Å². The van der Waals surface area contributed by atoms with E-state index in [-0.39, 0.29) is 0 Å². The molecule has 0 aliphatic rings. The zero-order valence-corrected chi connectivity index (χ0v) is 12.1. The van der Waals surface area contributed by atoms with Gasteiger partial charge in [0.15, 0.2) is 0 Å². The molecule has 0 atom stereocenters. The number of amides is 1. The summed E-state index contributed by atoms with van der Waals surface area (Å²) in [5.41, 5.74) is -0.477.